The van der Waals surface area contributed by atoms with Gasteiger partial charge in [-0.25, -0.2) is 5.43 Å². The molecule has 0 bridgehead atoms. The highest BCUT2D eigenvalue weighted by Gasteiger charge is 2.17. The van der Waals surface area contributed by atoms with Crippen molar-refractivity contribution in [2.24, 2.45) is 5.10 Å². The van der Waals surface area contributed by atoms with E-state index in [0.29, 0.717) is 6.54 Å². The fraction of sp³-hybridized carbons (Fsp3) is 0.143. The van der Waals surface area contributed by atoms with Crippen LogP contribution in [0.3, 0.4) is 0 Å². The average molecular weight is 392 g/mol. The Labute approximate surface area is 167 Å². The van der Waals surface area contributed by atoms with Gasteiger partial charge in [-0.05, 0) is 19.1 Å². The Kier molecular flexibility index (Phi) is 5.73. The number of ether oxygens (including phenoxy) is 1. The van der Waals surface area contributed by atoms with E-state index in [0.717, 1.165) is 28.2 Å². The molecule has 1 aromatic heterocycles. The zero-order valence-corrected chi connectivity index (χ0v) is 16.1. The Hall–Kier alpha value is -3.94. The van der Waals surface area contributed by atoms with Crippen molar-refractivity contribution in [1.82, 2.24) is 9.99 Å². The zero-order chi connectivity index (χ0) is 21.0. The molecule has 29 heavy (non-hydrogen) atoms. The normalized spacial score (nSPS) is 11.0. The Bertz CT molecular complexity index is 1130. The summed E-state index contributed by atoms with van der Waals surface area (Å²) in [6.45, 7) is 6.42. The number of non-ortho nitro benzene ring substituents is 1. The Balaban J connectivity index is 1.90. The summed E-state index contributed by atoms with van der Waals surface area (Å²) in [5.74, 6) is -0.378. The molecule has 0 saturated carbocycles. The van der Waals surface area contributed by atoms with E-state index in [1.165, 1.54) is 19.2 Å². The van der Waals surface area contributed by atoms with Crippen LogP contribution in [0.1, 0.15) is 21.6 Å². The maximum Gasteiger partial charge on any atom is 0.275 e. The summed E-state index contributed by atoms with van der Waals surface area (Å²) in [5.41, 5.74) is 5.14. The molecular formula is C21H20N4O4. The molecule has 0 atom stereocenters. The molecule has 0 unspecified atom stereocenters. The van der Waals surface area contributed by atoms with Crippen LogP contribution in [0, 0.1) is 17.0 Å². The number of aromatic nitrogens is 1. The highest BCUT2D eigenvalue weighted by Crippen LogP contribution is 2.25. The third-order valence-electron chi connectivity index (χ3n) is 4.59. The molecule has 1 amide bonds. The van der Waals surface area contributed by atoms with Crippen LogP contribution in [-0.2, 0) is 6.54 Å². The molecule has 8 nitrogen and oxygen atoms in total. The van der Waals surface area contributed by atoms with Gasteiger partial charge in [0.15, 0.2) is 0 Å². The lowest BCUT2D eigenvalue weighted by Crippen LogP contribution is -2.18. The number of methoxy groups -OCH3 is 1. The molecule has 1 N–H and O–H groups in total. The summed E-state index contributed by atoms with van der Waals surface area (Å²) in [4.78, 5) is 22.9. The minimum absolute atomic E-state index is 0.0321. The van der Waals surface area contributed by atoms with Crippen molar-refractivity contribution in [3.05, 3.63) is 82.1 Å². The lowest BCUT2D eigenvalue weighted by molar-refractivity contribution is -0.384. The molecule has 0 saturated heterocycles. The first-order chi connectivity index (χ1) is 14.0. The molecule has 1 heterocycles. The van der Waals surface area contributed by atoms with Gasteiger partial charge in [0.2, 0.25) is 0 Å². The standard InChI is InChI=1S/C21H20N4O4/c1-4-11-24-14(2)18(16-7-5-6-8-19(16)24)13-22-23-21(26)17-12-15(25(27)28)9-10-20(17)29-3/h4-10,12-13H,1,11H2,2-3H3,(H,23,26)/b22-13-. The number of carbonyl (C=O) groups excluding carboxylic acids is 1. The van der Waals surface area contributed by atoms with Gasteiger partial charge in [0.25, 0.3) is 11.6 Å². The Morgan fingerprint density at radius 3 is 2.79 bits per heavy atom. The van der Waals surface area contributed by atoms with Gasteiger partial charge in [0.05, 0.1) is 23.8 Å². The first-order valence-electron chi connectivity index (χ1n) is 8.82. The van der Waals surface area contributed by atoms with Crippen LogP contribution in [0.15, 0.2) is 60.2 Å². The summed E-state index contributed by atoms with van der Waals surface area (Å²) in [6.07, 6.45) is 3.38. The van der Waals surface area contributed by atoms with Crippen molar-refractivity contribution in [3.8, 4) is 5.75 Å². The summed E-state index contributed by atoms with van der Waals surface area (Å²) in [6, 6.07) is 11.7. The van der Waals surface area contributed by atoms with E-state index in [2.05, 4.69) is 21.7 Å². The molecule has 0 radical (unpaired) electrons. The SMILES string of the molecule is C=CCn1c(C)c(/C=N\NC(=O)c2cc([N+](=O)[O-])ccc2OC)c2ccccc21. The second-order valence-corrected chi connectivity index (χ2v) is 6.26. The van der Waals surface area contributed by atoms with Crippen molar-refractivity contribution >= 4 is 28.7 Å². The van der Waals surface area contributed by atoms with Crippen LogP contribution in [0.5, 0.6) is 5.75 Å². The number of rotatable bonds is 7. The topological polar surface area (TPSA) is 98.8 Å². The minimum atomic E-state index is -0.603. The molecule has 3 aromatic rings. The Morgan fingerprint density at radius 1 is 1.34 bits per heavy atom. The number of carbonyl (C=O) groups is 1. The van der Waals surface area contributed by atoms with Gasteiger partial charge in [-0.2, -0.15) is 5.10 Å². The van der Waals surface area contributed by atoms with Crippen molar-refractivity contribution in [3.63, 3.8) is 0 Å². The van der Waals surface area contributed by atoms with E-state index in [4.69, 9.17) is 4.74 Å². The molecule has 0 fully saturated rings. The smallest absolute Gasteiger partial charge is 0.275 e. The number of para-hydroxylation sites is 1. The van der Waals surface area contributed by atoms with E-state index in [9.17, 15) is 14.9 Å². The fourth-order valence-electron chi connectivity index (χ4n) is 3.19. The third kappa shape index (κ3) is 3.86. The molecule has 2 aromatic carbocycles. The predicted molar refractivity (Wildman–Crippen MR) is 112 cm³/mol. The van der Waals surface area contributed by atoms with Gasteiger partial charge in [0, 0.05) is 40.8 Å². The fourth-order valence-corrected chi connectivity index (χ4v) is 3.19. The van der Waals surface area contributed by atoms with Crippen LogP contribution in [-0.4, -0.2) is 28.7 Å². The van der Waals surface area contributed by atoms with Crippen molar-refractivity contribution in [2.75, 3.05) is 7.11 Å². The molecule has 3 rings (SSSR count). The van der Waals surface area contributed by atoms with E-state index < -0.39 is 10.8 Å². The first-order valence-corrected chi connectivity index (χ1v) is 8.82. The minimum Gasteiger partial charge on any atom is -0.496 e. The van der Waals surface area contributed by atoms with Gasteiger partial charge < -0.3 is 9.30 Å². The third-order valence-corrected chi connectivity index (χ3v) is 4.59. The van der Waals surface area contributed by atoms with Gasteiger partial charge in [-0.1, -0.05) is 24.3 Å². The monoisotopic (exact) mass is 392 g/mol. The van der Waals surface area contributed by atoms with E-state index in [-0.39, 0.29) is 17.0 Å². The number of hydrogen-bond acceptors (Lipinski definition) is 5. The van der Waals surface area contributed by atoms with Crippen LogP contribution >= 0.6 is 0 Å². The number of nitrogens with zero attached hydrogens (tertiary/aromatic N) is 3. The second kappa shape index (κ2) is 8.39. The van der Waals surface area contributed by atoms with Crippen LogP contribution in [0.2, 0.25) is 0 Å². The van der Waals surface area contributed by atoms with E-state index in [1.54, 1.807) is 6.21 Å². The number of hydrogen-bond donors (Lipinski definition) is 1. The molecule has 8 heteroatoms. The van der Waals surface area contributed by atoms with Gasteiger partial charge in [-0.15, -0.1) is 6.58 Å². The quantitative estimate of drug-likeness (QED) is 0.286. The van der Waals surface area contributed by atoms with Gasteiger partial charge in [0.1, 0.15) is 5.75 Å². The molecule has 0 aliphatic carbocycles. The predicted octanol–water partition coefficient (Wildman–Crippen LogP) is 3.82. The van der Waals surface area contributed by atoms with Crippen molar-refractivity contribution < 1.29 is 14.5 Å². The molecule has 0 aliphatic rings. The van der Waals surface area contributed by atoms with Gasteiger partial charge >= 0.3 is 0 Å². The van der Waals surface area contributed by atoms with Gasteiger partial charge in [-0.3, -0.25) is 14.9 Å². The van der Waals surface area contributed by atoms with E-state index >= 15 is 0 Å². The van der Waals surface area contributed by atoms with Crippen LogP contribution in [0.25, 0.3) is 10.9 Å². The summed E-state index contributed by atoms with van der Waals surface area (Å²) >= 11 is 0. The number of fused-ring (bicyclic) bond motifs is 1. The van der Waals surface area contributed by atoms with Crippen molar-refractivity contribution in [1.29, 1.82) is 0 Å². The summed E-state index contributed by atoms with van der Waals surface area (Å²) < 4.78 is 7.23. The maximum atomic E-state index is 12.5. The number of hydrazone groups is 1. The van der Waals surface area contributed by atoms with Crippen molar-refractivity contribution in [2.45, 2.75) is 13.5 Å². The molecular weight excluding hydrogens is 372 g/mol. The lowest BCUT2D eigenvalue weighted by atomic mass is 10.1. The molecule has 0 spiro atoms. The zero-order valence-electron chi connectivity index (χ0n) is 16.1. The maximum absolute atomic E-state index is 12.5. The molecule has 0 aliphatic heterocycles. The number of nitrogens with one attached hydrogen (secondary N) is 1. The lowest BCUT2D eigenvalue weighted by Gasteiger charge is -2.06. The second-order valence-electron chi connectivity index (χ2n) is 6.26. The molecule has 148 valence electrons. The van der Waals surface area contributed by atoms with Crippen LogP contribution < -0.4 is 10.2 Å². The number of nitro benzene ring substituents is 1. The first kappa shape index (κ1) is 19.8. The summed E-state index contributed by atoms with van der Waals surface area (Å²) in [5, 5.41) is 16.0. The Morgan fingerprint density at radius 2 is 2.10 bits per heavy atom. The average Bonchev–Trinajstić information content (AvgIpc) is 2.99. The largest absolute Gasteiger partial charge is 0.496 e. The number of nitro groups is 1. The highest BCUT2D eigenvalue weighted by atomic mass is 16.6. The van der Waals surface area contributed by atoms with E-state index in [1.807, 2.05) is 37.3 Å². The highest BCUT2D eigenvalue weighted by molar-refractivity contribution is 6.02. The summed E-state index contributed by atoms with van der Waals surface area (Å²) in [7, 11) is 1.39. The number of allylic oxidation sites excluding steroid dienone is 1. The van der Waals surface area contributed by atoms with Crippen LogP contribution in [0.4, 0.5) is 5.69 Å². The number of amides is 1. The number of benzene rings is 2.